The molecule has 2 nitrogen and oxygen atoms in total. The minimum atomic E-state index is 0.409. The van der Waals surface area contributed by atoms with Gasteiger partial charge in [-0.3, -0.25) is 4.90 Å². The van der Waals surface area contributed by atoms with Crippen molar-refractivity contribution in [3.8, 4) is 0 Å². The zero-order valence-electron chi connectivity index (χ0n) is 14.2. The molecule has 118 valence electrons. The Morgan fingerprint density at radius 1 is 1.14 bits per heavy atom. The first-order valence-corrected chi connectivity index (χ1v) is 8.67. The van der Waals surface area contributed by atoms with Gasteiger partial charge in [-0.05, 0) is 37.9 Å². The maximum absolute atomic E-state index is 3.60. The van der Waals surface area contributed by atoms with E-state index in [0.29, 0.717) is 18.0 Å². The van der Waals surface area contributed by atoms with Crippen molar-refractivity contribution in [2.24, 2.45) is 5.92 Å². The van der Waals surface area contributed by atoms with E-state index in [1.165, 1.54) is 31.2 Å². The van der Waals surface area contributed by atoms with Crippen LogP contribution in [-0.2, 0) is 0 Å². The molecule has 0 spiro atoms. The van der Waals surface area contributed by atoms with Gasteiger partial charge in [0.05, 0.1) is 0 Å². The first-order valence-electron chi connectivity index (χ1n) is 8.67. The molecule has 1 aromatic rings. The molecule has 1 fully saturated rings. The Morgan fingerprint density at radius 3 is 2.24 bits per heavy atom. The summed E-state index contributed by atoms with van der Waals surface area (Å²) in [6.07, 6.45) is 5.56. The lowest BCUT2D eigenvalue weighted by Crippen LogP contribution is -2.50. The Hall–Kier alpha value is -0.860. The van der Waals surface area contributed by atoms with E-state index in [9.17, 15) is 0 Å². The molecule has 0 heterocycles. The van der Waals surface area contributed by atoms with Gasteiger partial charge in [-0.15, -0.1) is 0 Å². The Labute approximate surface area is 130 Å². The van der Waals surface area contributed by atoms with Gasteiger partial charge in [-0.25, -0.2) is 0 Å². The van der Waals surface area contributed by atoms with Crippen LogP contribution in [0.4, 0.5) is 0 Å². The van der Waals surface area contributed by atoms with Gasteiger partial charge in [0.15, 0.2) is 0 Å². The highest BCUT2D eigenvalue weighted by molar-refractivity contribution is 5.21. The van der Waals surface area contributed by atoms with E-state index < -0.39 is 0 Å². The van der Waals surface area contributed by atoms with Crippen LogP contribution in [0.15, 0.2) is 30.3 Å². The minimum Gasteiger partial charge on any atom is -0.312 e. The molecule has 1 aliphatic rings. The third-order valence-electron chi connectivity index (χ3n) is 5.04. The van der Waals surface area contributed by atoms with Crippen LogP contribution in [0, 0.1) is 5.92 Å². The second kappa shape index (κ2) is 7.95. The van der Waals surface area contributed by atoms with E-state index >= 15 is 0 Å². The smallest absolute Gasteiger partial charge is 0.0478 e. The molecule has 2 unspecified atom stereocenters. The van der Waals surface area contributed by atoms with Crippen LogP contribution in [0.1, 0.15) is 58.1 Å². The van der Waals surface area contributed by atoms with E-state index in [-0.39, 0.29) is 0 Å². The van der Waals surface area contributed by atoms with E-state index in [4.69, 9.17) is 0 Å². The topological polar surface area (TPSA) is 15.3 Å². The molecule has 1 saturated carbocycles. The van der Waals surface area contributed by atoms with Gasteiger partial charge < -0.3 is 5.32 Å². The summed E-state index contributed by atoms with van der Waals surface area (Å²) in [5.41, 5.74) is 1.41. The van der Waals surface area contributed by atoms with Crippen LogP contribution in [0.5, 0.6) is 0 Å². The third-order valence-corrected chi connectivity index (χ3v) is 5.04. The zero-order valence-corrected chi connectivity index (χ0v) is 14.2. The monoisotopic (exact) mass is 288 g/mol. The number of benzene rings is 1. The van der Waals surface area contributed by atoms with Crippen LogP contribution in [0.3, 0.4) is 0 Å². The predicted octanol–water partition coefficient (Wildman–Crippen LogP) is 4.24. The molecular weight excluding hydrogens is 256 g/mol. The van der Waals surface area contributed by atoms with Crippen molar-refractivity contribution >= 4 is 0 Å². The Balaban J connectivity index is 2.26. The van der Waals surface area contributed by atoms with Gasteiger partial charge in [-0.2, -0.15) is 0 Å². The minimum absolute atomic E-state index is 0.409. The molecular formula is C19H32N2. The van der Waals surface area contributed by atoms with Crippen molar-refractivity contribution < 1.29 is 0 Å². The first-order chi connectivity index (χ1) is 10.2. The standard InChI is InChI=1S/C19H32N2/c1-5-21(17-13-9-10-14-17)19(15(2)3)18(20-4)16-11-7-6-8-12-16/h6-8,11-12,15,17-20H,5,9-10,13-14H2,1-4H3. The number of likely N-dealkylation sites (N-methyl/N-ethyl adjacent to an activating group) is 2. The quantitative estimate of drug-likeness (QED) is 0.807. The van der Waals surface area contributed by atoms with Gasteiger partial charge in [0.2, 0.25) is 0 Å². The van der Waals surface area contributed by atoms with Crippen molar-refractivity contribution in [2.45, 2.75) is 64.6 Å². The maximum atomic E-state index is 3.60. The molecule has 2 atom stereocenters. The summed E-state index contributed by atoms with van der Waals surface area (Å²) in [6, 6.07) is 12.7. The summed E-state index contributed by atoms with van der Waals surface area (Å²) >= 11 is 0. The number of nitrogens with zero attached hydrogens (tertiary/aromatic N) is 1. The van der Waals surface area contributed by atoms with Gasteiger partial charge in [0, 0.05) is 18.1 Å². The van der Waals surface area contributed by atoms with E-state index in [1.807, 2.05) is 0 Å². The largest absolute Gasteiger partial charge is 0.312 e. The number of hydrogen-bond donors (Lipinski definition) is 1. The summed E-state index contributed by atoms with van der Waals surface area (Å²) in [7, 11) is 2.11. The Bertz CT molecular complexity index is 395. The first kappa shape index (κ1) is 16.5. The lowest BCUT2D eigenvalue weighted by Gasteiger charge is -2.42. The molecule has 1 N–H and O–H groups in total. The third kappa shape index (κ3) is 3.87. The van der Waals surface area contributed by atoms with Crippen LogP contribution in [0.2, 0.25) is 0 Å². The van der Waals surface area contributed by atoms with Gasteiger partial charge in [-0.1, -0.05) is 63.9 Å². The molecule has 1 aliphatic carbocycles. The van der Waals surface area contributed by atoms with Crippen molar-refractivity contribution in [3.63, 3.8) is 0 Å². The SMILES string of the molecule is CCN(C1CCCC1)C(C(C)C)C(NC)c1ccccc1. The molecule has 0 radical (unpaired) electrons. The number of nitrogens with one attached hydrogen (secondary N) is 1. The fraction of sp³-hybridized carbons (Fsp3) is 0.684. The fourth-order valence-electron chi connectivity index (χ4n) is 4.10. The maximum Gasteiger partial charge on any atom is 0.0478 e. The molecule has 0 saturated heterocycles. The Morgan fingerprint density at radius 2 is 1.76 bits per heavy atom. The number of hydrogen-bond acceptors (Lipinski definition) is 2. The highest BCUT2D eigenvalue weighted by atomic mass is 15.2. The zero-order chi connectivity index (χ0) is 15.2. The average molecular weight is 288 g/mol. The Kier molecular flexibility index (Phi) is 6.25. The second-order valence-electron chi connectivity index (χ2n) is 6.68. The van der Waals surface area contributed by atoms with E-state index in [0.717, 1.165) is 12.6 Å². The van der Waals surface area contributed by atoms with Crippen molar-refractivity contribution in [1.29, 1.82) is 0 Å². The summed E-state index contributed by atoms with van der Waals surface area (Å²) in [5.74, 6) is 0.642. The molecule has 1 aromatic carbocycles. The average Bonchev–Trinajstić information content (AvgIpc) is 3.02. The van der Waals surface area contributed by atoms with Crippen LogP contribution in [0.25, 0.3) is 0 Å². The summed E-state index contributed by atoms with van der Waals surface area (Å²) in [6.45, 7) is 8.22. The highest BCUT2D eigenvalue weighted by Crippen LogP contribution is 2.32. The van der Waals surface area contributed by atoms with Crippen molar-refractivity contribution in [3.05, 3.63) is 35.9 Å². The fourth-order valence-corrected chi connectivity index (χ4v) is 4.10. The van der Waals surface area contributed by atoms with Crippen LogP contribution >= 0.6 is 0 Å². The van der Waals surface area contributed by atoms with Crippen LogP contribution < -0.4 is 5.32 Å². The molecule has 0 aliphatic heterocycles. The number of rotatable bonds is 7. The van der Waals surface area contributed by atoms with Gasteiger partial charge in [0.25, 0.3) is 0 Å². The lowest BCUT2D eigenvalue weighted by molar-refractivity contribution is 0.0814. The molecule has 0 amide bonds. The lowest BCUT2D eigenvalue weighted by atomic mass is 9.88. The molecule has 0 aromatic heterocycles. The second-order valence-corrected chi connectivity index (χ2v) is 6.68. The molecule has 0 bridgehead atoms. The van der Waals surface area contributed by atoms with Crippen molar-refractivity contribution in [2.75, 3.05) is 13.6 Å². The molecule has 21 heavy (non-hydrogen) atoms. The summed E-state index contributed by atoms with van der Waals surface area (Å²) in [4.78, 5) is 2.77. The van der Waals surface area contributed by atoms with E-state index in [1.54, 1.807) is 0 Å². The predicted molar refractivity (Wildman–Crippen MR) is 91.5 cm³/mol. The summed E-state index contributed by atoms with van der Waals surface area (Å²) < 4.78 is 0. The highest BCUT2D eigenvalue weighted by Gasteiger charge is 2.34. The van der Waals surface area contributed by atoms with Gasteiger partial charge in [0.1, 0.15) is 0 Å². The molecule has 2 rings (SSSR count). The van der Waals surface area contributed by atoms with Gasteiger partial charge >= 0.3 is 0 Å². The molecule has 2 heteroatoms. The van der Waals surface area contributed by atoms with Crippen LogP contribution in [-0.4, -0.2) is 30.6 Å². The summed E-state index contributed by atoms with van der Waals surface area (Å²) in [5, 5.41) is 3.60. The van der Waals surface area contributed by atoms with Crippen molar-refractivity contribution in [1.82, 2.24) is 10.2 Å². The van der Waals surface area contributed by atoms with E-state index in [2.05, 4.69) is 68.4 Å². The normalized spacial score (nSPS) is 19.3.